The molecule has 7 aromatic rings. The van der Waals surface area contributed by atoms with Gasteiger partial charge in [-0.3, -0.25) is 10.3 Å². The zero-order valence-corrected chi connectivity index (χ0v) is 27.5. The van der Waals surface area contributed by atoms with Crippen LogP contribution in [0.3, 0.4) is 0 Å². The lowest BCUT2D eigenvalue weighted by Crippen LogP contribution is -2.21. The van der Waals surface area contributed by atoms with Gasteiger partial charge in [-0.05, 0) is 42.8 Å². The van der Waals surface area contributed by atoms with Crippen molar-refractivity contribution in [1.82, 2.24) is 19.9 Å². The van der Waals surface area contributed by atoms with E-state index in [-0.39, 0.29) is 0 Å². The zero-order valence-electron chi connectivity index (χ0n) is 27.5. The molecule has 3 heterocycles. The topological polar surface area (TPSA) is 134 Å². The average molecular weight is 669 g/mol. The van der Waals surface area contributed by atoms with Gasteiger partial charge in [0, 0.05) is 34.1 Å². The predicted molar refractivity (Wildman–Crippen MR) is 202 cm³/mol. The van der Waals surface area contributed by atoms with E-state index in [4.69, 9.17) is 4.98 Å². The SMILES string of the molecule is Cc1ccc(NC(=O)Nc2cc(-c3ncc(NC(=O)Nc4ccccc4-c4ccccc4)c(-c4ccccc4)n3)ccn2)c(-c2ccccc2)n1. The van der Waals surface area contributed by atoms with E-state index in [9.17, 15) is 9.59 Å². The normalized spacial score (nSPS) is 10.6. The van der Waals surface area contributed by atoms with Gasteiger partial charge in [0.2, 0.25) is 0 Å². The van der Waals surface area contributed by atoms with E-state index in [2.05, 4.69) is 36.2 Å². The molecule has 10 nitrogen and oxygen atoms in total. The van der Waals surface area contributed by atoms with Gasteiger partial charge >= 0.3 is 12.1 Å². The Balaban J connectivity index is 1.12. The molecule has 0 radical (unpaired) electrons. The van der Waals surface area contributed by atoms with Crippen LogP contribution >= 0.6 is 0 Å². The van der Waals surface area contributed by atoms with E-state index in [0.29, 0.717) is 45.7 Å². The molecule has 0 saturated heterocycles. The minimum Gasteiger partial charge on any atom is -0.307 e. The number of aryl methyl sites for hydroxylation is 1. The Hall–Kier alpha value is -7.20. The number of carbonyl (C=O) groups is 2. The zero-order chi connectivity index (χ0) is 35.0. The van der Waals surface area contributed by atoms with Crippen LogP contribution < -0.4 is 21.3 Å². The summed E-state index contributed by atoms with van der Waals surface area (Å²) in [6.07, 6.45) is 3.15. The van der Waals surface area contributed by atoms with Crippen molar-refractivity contribution in [3.05, 3.63) is 158 Å². The Bertz CT molecular complexity index is 2320. The molecule has 0 fully saturated rings. The van der Waals surface area contributed by atoms with Crippen LogP contribution in [0, 0.1) is 6.92 Å². The first-order chi connectivity index (χ1) is 25.0. The lowest BCUT2D eigenvalue weighted by molar-refractivity contribution is 0.261. The van der Waals surface area contributed by atoms with Crippen LogP contribution in [0.15, 0.2) is 152 Å². The second-order valence-corrected chi connectivity index (χ2v) is 11.5. The highest BCUT2D eigenvalue weighted by Crippen LogP contribution is 2.31. The number of carbonyl (C=O) groups excluding carboxylic acids is 2. The molecule has 248 valence electrons. The molecule has 7 rings (SSSR count). The van der Waals surface area contributed by atoms with Gasteiger partial charge in [-0.2, -0.15) is 0 Å². The van der Waals surface area contributed by atoms with E-state index >= 15 is 0 Å². The molecule has 3 aromatic heterocycles. The Kier molecular flexibility index (Phi) is 9.46. The minimum absolute atomic E-state index is 0.301. The van der Waals surface area contributed by atoms with E-state index in [0.717, 1.165) is 27.9 Å². The molecule has 4 amide bonds. The second kappa shape index (κ2) is 14.9. The van der Waals surface area contributed by atoms with Gasteiger partial charge in [-0.25, -0.2) is 24.5 Å². The predicted octanol–water partition coefficient (Wildman–Crippen LogP) is 9.53. The number of urea groups is 2. The number of amides is 4. The summed E-state index contributed by atoms with van der Waals surface area (Å²) in [6.45, 7) is 1.90. The summed E-state index contributed by atoms with van der Waals surface area (Å²) in [5, 5.41) is 11.6. The van der Waals surface area contributed by atoms with Crippen LogP contribution in [0.25, 0.3) is 45.0 Å². The number of anilines is 4. The van der Waals surface area contributed by atoms with E-state index in [1.165, 1.54) is 0 Å². The number of benzene rings is 4. The van der Waals surface area contributed by atoms with Gasteiger partial charge in [0.1, 0.15) is 5.82 Å². The fourth-order valence-electron chi connectivity index (χ4n) is 5.55. The molecule has 0 unspecified atom stereocenters. The minimum atomic E-state index is -0.479. The number of nitrogens with one attached hydrogen (secondary N) is 4. The van der Waals surface area contributed by atoms with E-state index in [1.807, 2.05) is 134 Å². The van der Waals surface area contributed by atoms with Crippen molar-refractivity contribution in [2.45, 2.75) is 6.92 Å². The average Bonchev–Trinajstić information content (AvgIpc) is 3.17. The van der Waals surface area contributed by atoms with Crippen LogP contribution in [0.1, 0.15) is 5.69 Å². The first kappa shape index (κ1) is 32.4. The second-order valence-electron chi connectivity index (χ2n) is 11.5. The third-order valence-corrected chi connectivity index (χ3v) is 7.93. The maximum atomic E-state index is 13.4. The van der Waals surface area contributed by atoms with Crippen LogP contribution in [0.2, 0.25) is 0 Å². The highest BCUT2D eigenvalue weighted by Gasteiger charge is 2.16. The van der Waals surface area contributed by atoms with Gasteiger partial charge in [0.15, 0.2) is 5.82 Å². The highest BCUT2D eigenvalue weighted by atomic mass is 16.2. The fourth-order valence-corrected chi connectivity index (χ4v) is 5.55. The molecule has 10 heteroatoms. The van der Waals surface area contributed by atoms with E-state index < -0.39 is 12.1 Å². The van der Waals surface area contributed by atoms with Crippen molar-refractivity contribution < 1.29 is 9.59 Å². The summed E-state index contributed by atoms with van der Waals surface area (Å²) >= 11 is 0. The van der Waals surface area contributed by atoms with Crippen molar-refractivity contribution in [2.24, 2.45) is 0 Å². The molecule has 0 aliphatic carbocycles. The summed E-state index contributed by atoms with van der Waals surface area (Å²) in [7, 11) is 0. The van der Waals surface area contributed by atoms with Gasteiger partial charge in [-0.1, -0.05) is 109 Å². The van der Waals surface area contributed by atoms with Crippen LogP contribution in [-0.4, -0.2) is 32.0 Å². The smallest absolute Gasteiger partial charge is 0.307 e. The van der Waals surface area contributed by atoms with Gasteiger partial charge in [-0.15, -0.1) is 0 Å². The summed E-state index contributed by atoms with van der Waals surface area (Å²) in [4.78, 5) is 44.9. The molecule has 4 N–H and O–H groups in total. The summed E-state index contributed by atoms with van der Waals surface area (Å²) in [6, 6.07) is 42.9. The van der Waals surface area contributed by atoms with Gasteiger partial charge in [0.05, 0.1) is 34.6 Å². The van der Waals surface area contributed by atoms with Crippen molar-refractivity contribution in [3.63, 3.8) is 0 Å². The summed E-state index contributed by atoms with van der Waals surface area (Å²) < 4.78 is 0. The quantitative estimate of drug-likeness (QED) is 0.127. The third-order valence-electron chi connectivity index (χ3n) is 7.93. The Morgan fingerprint density at radius 2 is 1.06 bits per heavy atom. The third kappa shape index (κ3) is 7.76. The molecule has 0 aliphatic heterocycles. The van der Waals surface area contributed by atoms with Crippen molar-refractivity contribution in [2.75, 3.05) is 21.3 Å². The van der Waals surface area contributed by atoms with Crippen LogP contribution in [-0.2, 0) is 0 Å². The molecule has 0 atom stereocenters. The van der Waals surface area contributed by atoms with Crippen LogP contribution in [0.5, 0.6) is 0 Å². The van der Waals surface area contributed by atoms with Gasteiger partial charge in [0.25, 0.3) is 0 Å². The van der Waals surface area contributed by atoms with Crippen molar-refractivity contribution >= 4 is 34.9 Å². The molecule has 4 aromatic carbocycles. The highest BCUT2D eigenvalue weighted by molar-refractivity contribution is 6.04. The number of rotatable bonds is 8. The summed E-state index contributed by atoms with van der Waals surface area (Å²) in [5.74, 6) is 0.684. The standard InChI is InChI=1S/C41H32N8O2/c1-27-21-22-34(37(44-27)29-15-7-3-8-16-29)46-41(51)48-36-25-31(23-24-42-36)39-43-26-35(38(49-39)30-17-9-4-10-18-30)47-40(50)45-33-20-12-11-19-32(33)28-13-5-2-6-14-28/h2-26H,1H3,(H2,45,47,50)(H2,42,46,48,51). The molecule has 0 saturated carbocycles. The lowest BCUT2D eigenvalue weighted by atomic mass is 10.0. The lowest BCUT2D eigenvalue weighted by Gasteiger charge is -2.15. The maximum absolute atomic E-state index is 13.4. The Morgan fingerprint density at radius 3 is 1.76 bits per heavy atom. The monoisotopic (exact) mass is 668 g/mol. The fraction of sp³-hybridized carbons (Fsp3) is 0.0244. The number of aromatic nitrogens is 4. The first-order valence-electron chi connectivity index (χ1n) is 16.2. The largest absolute Gasteiger partial charge is 0.324 e. The van der Waals surface area contributed by atoms with Crippen molar-refractivity contribution in [1.29, 1.82) is 0 Å². The number of pyridine rings is 2. The summed E-state index contributed by atoms with van der Waals surface area (Å²) in [5.41, 5.74) is 7.84. The molecule has 0 bridgehead atoms. The van der Waals surface area contributed by atoms with Crippen LogP contribution in [0.4, 0.5) is 32.5 Å². The number of para-hydroxylation sites is 1. The molecular weight excluding hydrogens is 637 g/mol. The molecular formula is C41H32N8O2. The number of hydrogen-bond acceptors (Lipinski definition) is 6. The first-order valence-corrected chi connectivity index (χ1v) is 16.2. The molecule has 0 aliphatic rings. The van der Waals surface area contributed by atoms with Gasteiger partial charge < -0.3 is 16.0 Å². The Labute approximate surface area is 294 Å². The Morgan fingerprint density at radius 1 is 0.490 bits per heavy atom. The maximum Gasteiger partial charge on any atom is 0.324 e. The van der Waals surface area contributed by atoms with E-state index in [1.54, 1.807) is 24.5 Å². The molecule has 51 heavy (non-hydrogen) atoms. The molecule has 0 spiro atoms. The number of nitrogens with zero attached hydrogens (tertiary/aromatic N) is 4. The number of hydrogen-bond donors (Lipinski definition) is 4. The van der Waals surface area contributed by atoms with Crippen molar-refractivity contribution in [3.8, 4) is 45.0 Å².